The van der Waals surface area contributed by atoms with E-state index < -0.39 is 23.6 Å². The van der Waals surface area contributed by atoms with Crippen LogP contribution in [0.3, 0.4) is 0 Å². The van der Waals surface area contributed by atoms with Gasteiger partial charge in [-0.15, -0.1) is 0 Å². The van der Waals surface area contributed by atoms with E-state index in [1.807, 2.05) is 0 Å². The molecule has 0 aromatic heterocycles. The molecule has 5 nitrogen and oxygen atoms in total. The van der Waals surface area contributed by atoms with Crippen LogP contribution in [-0.4, -0.2) is 18.4 Å². The lowest BCUT2D eigenvalue weighted by Gasteiger charge is -2.13. The average Bonchev–Trinajstić information content (AvgIpc) is 2.73. The van der Waals surface area contributed by atoms with E-state index in [2.05, 4.69) is 10.6 Å². The second-order valence-corrected chi connectivity index (χ2v) is 5.82. The number of halogens is 3. The topological polar surface area (TPSA) is 67.4 Å². The summed E-state index contributed by atoms with van der Waals surface area (Å²) in [5.41, 5.74) is -0.331. The molecule has 0 radical (unpaired) electrons. The molecule has 0 spiro atoms. The molecule has 1 atom stereocenters. The van der Waals surface area contributed by atoms with E-state index in [4.69, 9.17) is 4.74 Å². The van der Waals surface area contributed by atoms with Crippen molar-refractivity contribution in [2.24, 2.45) is 5.92 Å². The fraction of sp³-hybridized carbons (Fsp3) is 0.222. The number of carbonyl (C=O) groups excluding carboxylic acids is 2. The van der Waals surface area contributed by atoms with Crippen molar-refractivity contribution in [1.82, 2.24) is 0 Å². The van der Waals surface area contributed by atoms with Crippen molar-refractivity contribution < 1.29 is 27.5 Å². The molecule has 1 heterocycles. The first-order chi connectivity index (χ1) is 12.3. The molecule has 26 heavy (non-hydrogen) atoms. The lowest BCUT2D eigenvalue weighted by Crippen LogP contribution is -2.29. The Labute approximate surface area is 147 Å². The summed E-state index contributed by atoms with van der Waals surface area (Å²) in [4.78, 5) is 24.4. The van der Waals surface area contributed by atoms with Gasteiger partial charge in [0.25, 0.3) is 0 Å². The number of alkyl halides is 3. The van der Waals surface area contributed by atoms with Crippen molar-refractivity contribution in [1.29, 1.82) is 0 Å². The molecular weight excluding hydrogens is 349 g/mol. The maximum Gasteiger partial charge on any atom is 0.416 e. The molecule has 136 valence electrons. The number of anilines is 2. The molecule has 2 aromatic carbocycles. The third-order valence-electron chi connectivity index (χ3n) is 3.86. The summed E-state index contributed by atoms with van der Waals surface area (Å²) in [6, 6.07) is 11.2. The first-order valence-corrected chi connectivity index (χ1v) is 7.83. The monoisotopic (exact) mass is 364 g/mol. The van der Waals surface area contributed by atoms with E-state index in [-0.39, 0.29) is 24.6 Å². The summed E-state index contributed by atoms with van der Waals surface area (Å²) < 4.78 is 43.7. The van der Waals surface area contributed by atoms with Crippen molar-refractivity contribution in [3.63, 3.8) is 0 Å². The van der Waals surface area contributed by atoms with Crippen molar-refractivity contribution in [2.75, 3.05) is 17.2 Å². The number of para-hydroxylation sites is 2. The molecule has 0 saturated heterocycles. The maximum atomic E-state index is 12.7. The van der Waals surface area contributed by atoms with E-state index in [9.17, 15) is 22.8 Å². The standard InChI is InChI=1S/C18H15F3N2O3/c19-18(20,21)12-4-3-5-13(9-12)22-16(24)8-11-10-26-15-7-2-1-6-14(15)23-17(11)25/h1-7,9,11H,8,10H2,(H,22,24)(H,23,25)/t11-/m1/s1. The Kier molecular flexibility index (Phi) is 4.83. The Balaban J connectivity index is 1.65. The van der Waals surface area contributed by atoms with Crippen molar-refractivity contribution >= 4 is 23.2 Å². The molecule has 1 aliphatic heterocycles. The van der Waals surface area contributed by atoms with E-state index in [0.29, 0.717) is 11.4 Å². The van der Waals surface area contributed by atoms with Gasteiger partial charge in [-0.05, 0) is 30.3 Å². The van der Waals surface area contributed by atoms with Crippen molar-refractivity contribution in [3.05, 3.63) is 54.1 Å². The van der Waals surface area contributed by atoms with E-state index >= 15 is 0 Å². The highest BCUT2D eigenvalue weighted by molar-refractivity contribution is 5.99. The lowest BCUT2D eigenvalue weighted by atomic mass is 10.1. The van der Waals surface area contributed by atoms with Crippen LogP contribution < -0.4 is 15.4 Å². The molecule has 0 bridgehead atoms. The zero-order valence-electron chi connectivity index (χ0n) is 13.5. The quantitative estimate of drug-likeness (QED) is 0.873. The van der Waals surface area contributed by atoms with Gasteiger partial charge in [-0.2, -0.15) is 13.2 Å². The van der Waals surface area contributed by atoms with Crippen LogP contribution in [0.15, 0.2) is 48.5 Å². The highest BCUT2D eigenvalue weighted by atomic mass is 19.4. The average molecular weight is 364 g/mol. The van der Waals surface area contributed by atoms with Gasteiger partial charge >= 0.3 is 6.18 Å². The predicted molar refractivity (Wildman–Crippen MR) is 88.7 cm³/mol. The molecular formula is C18H15F3N2O3. The van der Waals surface area contributed by atoms with Gasteiger partial charge in [0.15, 0.2) is 0 Å². The van der Waals surface area contributed by atoms with Crippen LogP contribution in [0.4, 0.5) is 24.5 Å². The summed E-state index contributed by atoms with van der Waals surface area (Å²) in [7, 11) is 0. The molecule has 0 saturated carbocycles. The maximum absolute atomic E-state index is 12.7. The lowest BCUT2D eigenvalue weighted by molar-refractivity contribution is -0.137. The Bertz CT molecular complexity index is 836. The van der Waals surface area contributed by atoms with Gasteiger partial charge in [0.05, 0.1) is 17.2 Å². The van der Waals surface area contributed by atoms with Gasteiger partial charge < -0.3 is 15.4 Å². The van der Waals surface area contributed by atoms with Gasteiger partial charge in [0, 0.05) is 12.1 Å². The van der Waals surface area contributed by atoms with Gasteiger partial charge in [0.1, 0.15) is 12.4 Å². The summed E-state index contributed by atoms with van der Waals surface area (Å²) in [6.07, 6.45) is -4.71. The number of benzene rings is 2. The third kappa shape index (κ3) is 4.14. The smallest absolute Gasteiger partial charge is 0.416 e. The van der Waals surface area contributed by atoms with E-state index in [0.717, 1.165) is 12.1 Å². The molecule has 0 fully saturated rings. The highest BCUT2D eigenvalue weighted by Gasteiger charge is 2.31. The largest absolute Gasteiger partial charge is 0.491 e. The number of hydrogen-bond donors (Lipinski definition) is 2. The summed E-state index contributed by atoms with van der Waals surface area (Å²) in [6.45, 7) is -0.00113. The molecule has 0 aliphatic carbocycles. The second kappa shape index (κ2) is 7.07. The normalized spacial score (nSPS) is 16.7. The summed E-state index contributed by atoms with van der Waals surface area (Å²) in [5, 5.41) is 5.07. The Morgan fingerprint density at radius 3 is 2.73 bits per heavy atom. The van der Waals surface area contributed by atoms with Gasteiger partial charge in [-0.1, -0.05) is 18.2 Å². The first kappa shape index (κ1) is 17.8. The van der Waals surface area contributed by atoms with Crippen molar-refractivity contribution in [2.45, 2.75) is 12.6 Å². The Hall–Kier alpha value is -3.03. The minimum absolute atomic E-state index is 0.00113. The summed E-state index contributed by atoms with van der Waals surface area (Å²) >= 11 is 0. The van der Waals surface area contributed by atoms with Crippen LogP contribution in [0.5, 0.6) is 5.75 Å². The summed E-state index contributed by atoms with van der Waals surface area (Å²) in [5.74, 6) is -1.21. The highest BCUT2D eigenvalue weighted by Crippen LogP contribution is 2.31. The van der Waals surface area contributed by atoms with Crippen LogP contribution in [0.25, 0.3) is 0 Å². The molecule has 2 N–H and O–H groups in total. The Morgan fingerprint density at radius 2 is 1.96 bits per heavy atom. The zero-order valence-corrected chi connectivity index (χ0v) is 13.5. The van der Waals surface area contributed by atoms with Crippen LogP contribution >= 0.6 is 0 Å². The first-order valence-electron chi connectivity index (χ1n) is 7.83. The molecule has 8 heteroatoms. The Morgan fingerprint density at radius 1 is 1.19 bits per heavy atom. The van der Waals surface area contributed by atoms with Crippen LogP contribution in [0.1, 0.15) is 12.0 Å². The van der Waals surface area contributed by atoms with Gasteiger partial charge in [-0.25, -0.2) is 0 Å². The van der Waals surface area contributed by atoms with Crippen LogP contribution in [0.2, 0.25) is 0 Å². The molecule has 3 rings (SSSR count). The molecule has 1 aliphatic rings. The zero-order chi connectivity index (χ0) is 18.7. The number of fused-ring (bicyclic) bond motifs is 1. The fourth-order valence-electron chi connectivity index (χ4n) is 2.56. The number of nitrogens with one attached hydrogen (secondary N) is 2. The third-order valence-corrected chi connectivity index (χ3v) is 3.86. The number of carbonyl (C=O) groups is 2. The minimum Gasteiger partial charge on any atom is -0.491 e. The van der Waals surface area contributed by atoms with E-state index in [1.54, 1.807) is 24.3 Å². The van der Waals surface area contributed by atoms with Gasteiger partial charge in [0.2, 0.25) is 11.8 Å². The van der Waals surface area contributed by atoms with Crippen LogP contribution in [-0.2, 0) is 15.8 Å². The SMILES string of the molecule is O=C(C[C@@H]1COc2ccccc2NC1=O)Nc1cccc(C(F)(F)F)c1. The van der Waals surface area contributed by atoms with E-state index in [1.165, 1.54) is 12.1 Å². The number of ether oxygens (including phenoxy) is 1. The fourth-order valence-corrected chi connectivity index (χ4v) is 2.56. The molecule has 0 unspecified atom stereocenters. The van der Waals surface area contributed by atoms with Crippen molar-refractivity contribution in [3.8, 4) is 5.75 Å². The number of rotatable bonds is 3. The number of hydrogen-bond acceptors (Lipinski definition) is 3. The van der Waals surface area contributed by atoms with Crippen LogP contribution in [0, 0.1) is 5.92 Å². The minimum atomic E-state index is -4.50. The molecule has 2 aromatic rings. The second-order valence-electron chi connectivity index (χ2n) is 5.82. The predicted octanol–water partition coefficient (Wildman–Crippen LogP) is 3.68. The number of amides is 2. The molecule has 2 amide bonds. The van der Waals surface area contributed by atoms with Gasteiger partial charge in [-0.3, -0.25) is 9.59 Å².